The SMILES string of the molecule is Cc1cc(C)c2sc(N3CCNCC3)nc2c1.Cl. The first kappa shape index (κ1) is 13.6. The van der Waals surface area contributed by atoms with Gasteiger partial charge in [0, 0.05) is 26.2 Å². The fourth-order valence-electron chi connectivity index (χ4n) is 2.36. The predicted molar refractivity (Wildman–Crippen MR) is 81.4 cm³/mol. The normalized spacial score (nSPS) is 15.8. The van der Waals surface area contributed by atoms with Crippen LogP contribution in [0.1, 0.15) is 11.1 Å². The maximum Gasteiger partial charge on any atom is 0.186 e. The molecule has 1 N–H and O–H groups in total. The first-order chi connectivity index (χ1) is 8.24. The van der Waals surface area contributed by atoms with Crippen LogP contribution in [0, 0.1) is 13.8 Å². The van der Waals surface area contributed by atoms with E-state index >= 15 is 0 Å². The van der Waals surface area contributed by atoms with Gasteiger partial charge in [-0.25, -0.2) is 4.98 Å². The van der Waals surface area contributed by atoms with Gasteiger partial charge in [0.05, 0.1) is 10.2 Å². The average Bonchev–Trinajstić information content (AvgIpc) is 2.74. The van der Waals surface area contributed by atoms with Crippen molar-refractivity contribution in [2.75, 3.05) is 31.1 Å². The molecule has 1 fully saturated rings. The van der Waals surface area contributed by atoms with Crippen LogP contribution in [-0.2, 0) is 0 Å². The van der Waals surface area contributed by atoms with E-state index in [0.29, 0.717) is 0 Å². The van der Waals surface area contributed by atoms with Crippen LogP contribution in [0.3, 0.4) is 0 Å². The first-order valence-corrected chi connectivity index (χ1v) is 6.89. The van der Waals surface area contributed by atoms with Crippen molar-refractivity contribution in [3.8, 4) is 0 Å². The van der Waals surface area contributed by atoms with Crippen molar-refractivity contribution in [3.05, 3.63) is 23.3 Å². The second-order valence-corrected chi connectivity index (χ2v) is 5.64. The molecule has 1 aliphatic rings. The van der Waals surface area contributed by atoms with E-state index in [1.54, 1.807) is 0 Å². The summed E-state index contributed by atoms with van der Waals surface area (Å²) in [5.41, 5.74) is 3.80. The third-order valence-corrected chi connectivity index (χ3v) is 4.46. The maximum atomic E-state index is 4.77. The standard InChI is InChI=1S/C13H17N3S.ClH/c1-9-7-10(2)12-11(8-9)15-13(17-12)16-5-3-14-4-6-16;/h7-8,14H,3-6H2,1-2H3;1H. The second-order valence-electron chi connectivity index (χ2n) is 4.66. The number of hydrogen-bond donors (Lipinski definition) is 1. The highest BCUT2D eigenvalue weighted by Gasteiger charge is 2.15. The number of benzene rings is 1. The summed E-state index contributed by atoms with van der Waals surface area (Å²) >= 11 is 1.83. The summed E-state index contributed by atoms with van der Waals surface area (Å²) in [6, 6.07) is 4.42. The van der Waals surface area contributed by atoms with Crippen molar-refractivity contribution in [2.45, 2.75) is 13.8 Å². The summed E-state index contributed by atoms with van der Waals surface area (Å²) in [6.45, 7) is 8.57. The molecule has 0 bridgehead atoms. The van der Waals surface area contributed by atoms with E-state index in [4.69, 9.17) is 4.98 Å². The molecule has 0 unspecified atom stereocenters. The van der Waals surface area contributed by atoms with E-state index in [0.717, 1.165) is 31.7 Å². The lowest BCUT2D eigenvalue weighted by atomic mass is 10.1. The molecular weight excluding hydrogens is 266 g/mol. The van der Waals surface area contributed by atoms with Crippen LogP contribution in [0.25, 0.3) is 10.2 Å². The molecular formula is C13H18ClN3S. The Kier molecular flexibility index (Phi) is 4.10. The molecule has 2 heterocycles. The fourth-order valence-corrected chi connectivity index (χ4v) is 3.42. The highest BCUT2D eigenvalue weighted by molar-refractivity contribution is 7.22. The molecule has 0 radical (unpaired) electrons. The minimum Gasteiger partial charge on any atom is -0.346 e. The lowest BCUT2D eigenvalue weighted by molar-refractivity contribution is 0.588. The van der Waals surface area contributed by atoms with Crippen LogP contribution in [-0.4, -0.2) is 31.2 Å². The Labute approximate surface area is 118 Å². The Morgan fingerprint density at radius 1 is 1.22 bits per heavy atom. The second kappa shape index (κ2) is 5.43. The van der Waals surface area contributed by atoms with Crippen LogP contribution in [0.5, 0.6) is 0 Å². The van der Waals surface area contributed by atoms with Gasteiger partial charge in [0.15, 0.2) is 5.13 Å². The van der Waals surface area contributed by atoms with Crippen molar-refractivity contribution in [1.29, 1.82) is 0 Å². The summed E-state index contributed by atoms with van der Waals surface area (Å²) in [4.78, 5) is 7.16. The smallest absolute Gasteiger partial charge is 0.186 e. The summed E-state index contributed by atoms with van der Waals surface area (Å²) < 4.78 is 1.34. The molecule has 1 saturated heterocycles. The van der Waals surface area contributed by atoms with Crippen LogP contribution in [0.15, 0.2) is 12.1 Å². The van der Waals surface area contributed by atoms with E-state index in [-0.39, 0.29) is 12.4 Å². The van der Waals surface area contributed by atoms with Gasteiger partial charge in [-0.3, -0.25) is 0 Å². The lowest BCUT2D eigenvalue weighted by Crippen LogP contribution is -2.43. The summed E-state index contributed by atoms with van der Waals surface area (Å²) in [6.07, 6.45) is 0. The van der Waals surface area contributed by atoms with Gasteiger partial charge in [-0.05, 0) is 31.0 Å². The van der Waals surface area contributed by atoms with Crippen LogP contribution in [0.2, 0.25) is 0 Å². The number of piperazine rings is 1. The van der Waals surface area contributed by atoms with E-state index in [9.17, 15) is 0 Å². The molecule has 18 heavy (non-hydrogen) atoms. The molecule has 0 amide bonds. The minimum absolute atomic E-state index is 0. The molecule has 1 aromatic carbocycles. The van der Waals surface area contributed by atoms with E-state index in [2.05, 4.69) is 36.2 Å². The number of fused-ring (bicyclic) bond motifs is 1. The van der Waals surface area contributed by atoms with Gasteiger partial charge in [0.25, 0.3) is 0 Å². The number of aromatic nitrogens is 1. The molecule has 1 aromatic heterocycles. The van der Waals surface area contributed by atoms with Gasteiger partial charge < -0.3 is 10.2 Å². The van der Waals surface area contributed by atoms with Gasteiger partial charge in [-0.2, -0.15) is 0 Å². The number of hydrogen-bond acceptors (Lipinski definition) is 4. The quantitative estimate of drug-likeness (QED) is 0.872. The monoisotopic (exact) mass is 283 g/mol. The van der Waals surface area contributed by atoms with Gasteiger partial charge >= 0.3 is 0 Å². The zero-order valence-corrected chi connectivity index (χ0v) is 12.3. The maximum absolute atomic E-state index is 4.77. The third kappa shape index (κ3) is 2.46. The molecule has 3 nitrogen and oxygen atoms in total. The van der Waals surface area contributed by atoms with Crippen LogP contribution >= 0.6 is 23.7 Å². The zero-order chi connectivity index (χ0) is 11.8. The molecule has 0 spiro atoms. The number of thiazole rings is 1. The van der Waals surface area contributed by atoms with Gasteiger partial charge in [0.1, 0.15) is 0 Å². The largest absolute Gasteiger partial charge is 0.346 e. The van der Waals surface area contributed by atoms with Crippen LogP contribution in [0.4, 0.5) is 5.13 Å². The van der Waals surface area contributed by atoms with Gasteiger partial charge in [0.2, 0.25) is 0 Å². The fraction of sp³-hybridized carbons (Fsp3) is 0.462. The molecule has 0 atom stereocenters. The number of aryl methyl sites for hydroxylation is 2. The summed E-state index contributed by atoms with van der Waals surface area (Å²) in [5.74, 6) is 0. The van der Waals surface area contributed by atoms with Gasteiger partial charge in [-0.1, -0.05) is 17.4 Å². The van der Waals surface area contributed by atoms with Crippen LogP contribution < -0.4 is 10.2 Å². The highest BCUT2D eigenvalue weighted by Crippen LogP contribution is 2.31. The van der Waals surface area contributed by atoms with Gasteiger partial charge in [-0.15, -0.1) is 12.4 Å². The Morgan fingerprint density at radius 3 is 2.67 bits per heavy atom. The van der Waals surface area contributed by atoms with Crippen molar-refractivity contribution < 1.29 is 0 Å². The number of rotatable bonds is 1. The summed E-state index contributed by atoms with van der Waals surface area (Å²) in [7, 11) is 0. The summed E-state index contributed by atoms with van der Waals surface area (Å²) in [5, 5.41) is 4.55. The van der Waals surface area contributed by atoms with Crippen molar-refractivity contribution in [2.24, 2.45) is 0 Å². The molecule has 2 aromatic rings. The minimum atomic E-state index is 0. The Morgan fingerprint density at radius 2 is 1.94 bits per heavy atom. The molecule has 3 rings (SSSR count). The van der Waals surface area contributed by atoms with E-state index < -0.39 is 0 Å². The number of halogens is 1. The van der Waals surface area contributed by atoms with E-state index in [1.807, 2.05) is 11.3 Å². The number of nitrogens with one attached hydrogen (secondary N) is 1. The molecule has 0 aliphatic carbocycles. The number of anilines is 1. The Balaban J connectivity index is 0.00000120. The topological polar surface area (TPSA) is 28.2 Å². The van der Waals surface area contributed by atoms with Crippen molar-refractivity contribution in [1.82, 2.24) is 10.3 Å². The average molecular weight is 284 g/mol. The predicted octanol–water partition coefficient (Wildman–Crippen LogP) is 2.74. The molecule has 98 valence electrons. The Bertz CT molecular complexity index is 546. The first-order valence-electron chi connectivity index (χ1n) is 6.07. The third-order valence-electron chi connectivity index (χ3n) is 3.20. The van der Waals surface area contributed by atoms with Crippen molar-refractivity contribution >= 4 is 39.1 Å². The molecule has 5 heteroatoms. The highest BCUT2D eigenvalue weighted by atomic mass is 35.5. The zero-order valence-electron chi connectivity index (χ0n) is 10.7. The molecule has 1 aliphatic heterocycles. The number of nitrogens with zero attached hydrogens (tertiary/aromatic N) is 2. The van der Waals surface area contributed by atoms with Crippen molar-refractivity contribution in [3.63, 3.8) is 0 Å². The lowest BCUT2D eigenvalue weighted by Gasteiger charge is -2.26. The van der Waals surface area contributed by atoms with E-state index in [1.165, 1.54) is 21.0 Å². The Hall–Kier alpha value is -0.840. The molecule has 0 saturated carbocycles.